The zero-order chi connectivity index (χ0) is 24.0. The standard InChI is InChI=1S/C19H18ClN3O8S/c1-4-30-19(27)14-9(2)15(16(25)21-3)32-17(14)22-13(24)8-31-18(26)11-6-5-10(20)7-12(11)23(28)29/h5-7H,4,8H2,1-3H3,(H,21,25)(H,22,24). The molecule has 13 heteroatoms. The molecule has 0 bridgehead atoms. The van der Waals surface area contributed by atoms with Crippen molar-refractivity contribution in [2.75, 3.05) is 25.6 Å². The molecular formula is C19H18ClN3O8S. The predicted molar refractivity (Wildman–Crippen MR) is 115 cm³/mol. The van der Waals surface area contributed by atoms with Gasteiger partial charge in [-0.25, -0.2) is 9.59 Å². The van der Waals surface area contributed by atoms with Crippen molar-refractivity contribution in [2.45, 2.75) is 13.8 Å². The van der Waals surface area contributed by atoms with Crippen LogP contribution < -0.4 is 10.6 Å². The third-order valence-electron chi connectivity index (χ3n) is 4.02. The molecule has 170 valence electrons. The van der Waals surface area contributed by atoms with Crippen molar-refractivity contribution in [3.05, 3.63) is 54.9 Å². The lowest BCUT2D eigenvalue weighted by Crippen LogP contribution is -2.22. The number of thiophene rings is 1. The van der Waals surface area contributed by atoms with Crippen molar-refractivity contribution in [1.82, 2.24) is 5.32 Å². The van der Waals surface area contributed by atoms with Crippen LogP contribution in [-0.2, 0) is 14.3 Å². The van der Waals surface area contributed by atoms with Crippen molar-refractivity contribution >= 4 is 57.4 Å². The molecule has 32 heavy (non-hydrogen) atoms. The molecule has 2 rings (SSSR count). The Morgan fingerprint density at radius 3 is 2.47 bits per heavy atom. The van der Waals surface area contributed by atoms with Crippen LogP contribution in [0.5, 0.6) is 0 Å². The van der Waals surface area contributed by atoms with Crippen LogP contribution in [0.2, 0.25) is 5.02 Å². The summed E-state index contributed by atoms with van der Waals surface area (Å²) in [5.41, 5.74) is -0.634. The van der Waals surface area contributed by atoms with E-state index in [4.69, 9.17) is 21.1 Å². The molecule has 2 amide bonds. The number of carbonyl (C=O) groups excluding carboxylic acids is 4. The zero-order valence-corrected chi connectivity index (χ0v) is 18.7. The van der Waals surface area contributed by atoms with Crippen LogP contribution >= 0.6 is 22.9 Å². The molecule has 11 nitrogen and oxygen atoms in total. The van der Waals surface area contributed by atoms with E-state index < -0.39 is 41.0 Å². The summed E-state index contributed by atoms with van der Waals surface area (Å²) >= 11 is 6.56. The number of amides is 2. The normalized spacial score (nSPS) is 10.2. The summed E-state index contributed by atoms with van der Waals surface area (Å²) in [5, 5.41) is 16.1. The first kappa shape index (κ1) is 24.8. The molecule has 0 saturated carbocycles. The Bertz CT molecular complexity index is 1100. The Hall–Kier alpha value is -3.51. The number of carbonyl (C=O) groups is 4. The molecule has 0 aliphatic rings. The maximum absolute atomic E-state index is 12.3. The Morgan fingerprint density at radius 1 is 1.19 bits per heavy atom. The van der Waals surface area contributed by atoms with E-state index in [1.54, 1.807) is 6.92 Å². The zero-order valence-electron chi connectivity index (χ0n) is 17.1. The fourth-order valence-corrected chi connectivity index (χ4v) is 3.90. The summed E-state index contributed by atoms with van der Waals surface area (Å²) in [6, 6.07) is 3.36. The van der Waals surface area contributed by atoms with Crippen LogP contribution in [0.4, 0.5) is 10.7 Å². The number of ether oxygens (including phenoxy) is 2. The summed E-state index contributed by atoms with van der Waals surface area (Å²) in [6.45, 7) is 2.41. The van der Waals surface area contributed by atoms with E-state index in [-0.39, 0.29) is 32.6 Å². The maximum Gasteiger partial charge on any atom is 0.345 e. The molecule has 0 radical (unpaired) electrons. The highest BCUT2D eigenvalue weighted by atomic mass is 35.5. The first-order valence-electron chi connectivity index (χ1n) is 9.04. The van der Waals surface area contributed by atoms with Crippen LogP contribution in [-0.4, -0.2) is 48.9 Å². The fourth-order valence-electron chi connectivity index (χ4n) is 2.58. The van der Waals surface area contributed by atoms with Crippen LogP contribution in [0.3, 0.4) is 0 Å². The third-order valence-corrected chi connectivity index (χ3v) is 5.46. The topological polar surface area (TPSA) is 154 Å². The number of anilines is 1. The number of nitro groups is 1. The van der Waals surface area contributed by atoms with Gasteiger partial charge in [0.05, 0.1) is 22.0 Å². The minimum absolute atomic E-state index is 0.00321. The van der Waals surface area contributed by atoms with Crippen LogP contribution in [0.25, 0.3) is 0 Å². The SMILES string of the molecule is CCOC(=O)c1c(NC(=O)COC(=O)c2ccc(Cl)cc2[N+](=O)[O-])sc(C(=O)NC)c1C. The molecule has 1 heterocycles. The summed E-state index contributed by atoms with van der Waals surface area (Å²) in [6.07, 6.45) is 0. The van der Waals surface area contributed by atoms with Gasteiger partial charge in [-0.2, -0.15) is 0 Å². The van der Waals surface area contributed by atoms with Gasteiger partial charge in [0.15, 0.2) is 6.61 Å². The molecule has 2 aromatic rings. The van der Waals surface area contributed by atoms with Gasteiger partial charge >= 0.3 is 11.9 Å². The number of halogens is 1. The molecule has 2 N–H and O–H groups in total. The number of hydrogen-bond donors (Lipinski definition) is 2. The summed E-state index contributed by atoms with van der Waals surface area (Å²) < 4.78 is 9.84. The van der Waals surface area contributed by atoms with Gasteiger partial charge < -0.3 is 20.1 Å². The highest BCUT2D eigenvalue weighted by Crippen LogP contribution is 2.34. The Labute approximate surface area is 190 Å². The number of nitrogens with one attached hydrogen (secondary N) is 2. The third kappa shape index (κ3) is 5.59. The molecule has 1 aromatic heterocycles. The lowest BCUT2D eigenvalue weighted by Gasteiger charge is -2.08. The van der Waals surface area contributed by atoms with Gasteiger partial charge in [-0.05, 0) is 31.5 Å². The van der Waals surface area contributed by atoms with E-state index in [1.807, 2.05) is 0 Å². The Morgan fingerprint density at radius 2 is 1.88 bits per heavy atom. The Balaban J connectivity index is 2.19. The second-order valence-corrected chi connectivity index (χ2v) is 7.56. The summed E-state index contributed by atoms with van der Waals surface area (Å²) in [4.78, 5) is 59.4. The molecule has 0 fully saturated rings. The minimum atomic E-state index is -1.11. The Kier molecular flexibility index (Phi) is 8.27. The van der Waals surface area contributed by atoms with Gasteiger partial charge in [-0.15, -0.1) is 11.3 Å². The first-order valence-corrected chi connectivity index (χ1v) is 10.2. The average molecular weight is 484 g/mol. The number of nitrogens with zero attached hydrogens (tertiary/aromatic N) is 1. The van der Waals surface area contributed by atoms with Gasteiger partial charge in [0, 0.05) is 18.1 Å². The monoisotopic (exact) mass is 483 g/mol. The molecule has 0 saturated heterocycles. The smallest absolute Gasteiger partial charge is 0.345 e. The van der Waals surface area contributed by atoms with Crippen LogP contribution in [0, 0.1) is 17.0 Å². The van der Waals surface area contributed by atoms with Crippen molar-refractivity contribution in [1.29, 1.82) is 0 Å². The van der Waals surface area contributed by atoms with Gasteiger partial charge in [0.1, 0.15) is 10.6 Å². The van der Waals surface area contributed by atoms with Crippen LogP contribution in [0.1, 0.15) is 42.9 Å². The molecule has 0 atom stereocenters. The molecule has 1 aromatic carbocycles. The second-order valence-electron chi connectivity index (χ2n) is 6.10. The van der Waals surface area contributed by atoms with E-state index in [2.05, 4.69) is 10.6 Å². The minimum Gasteiger partial charge on any atom is -0.462 e. The largest absolute Gasteiger partial charge is 0.462 e. The lowest BCUT2D eigenvalue weighted by molar-refractivity contribution is -0.385. The molecular weight excluding hydrogens is 466 g/mol. The fraction of sp³-hybridized carbons (Fsp3) is 0.263. The number of esters is 2. The van der Waals surface area contributed by atoms with Gasteiger partial charge in [0.2, 0.25) is 0 Å². The van der Waals surface area contributed by atoms with E-state index >= 15 is 0 Å². The number of hydrogen-bond acceptors (Lipinski definition) is 9. The summed E-state index contributed by atoms with van der Waals surface area (Å²) in [5.74, 6) is -3.13. The molecule has 0 unspecified atom stereocenters. The highest BCUT2D eigenvalue weighted by Gasteiger charge is 2.27. The average Bonchev–Trinajstić information content (AvgIpc) is 3.07. The second kappa shape index (κ2) is 10.7. The number of nitro benzene ring substituents is 1. The predicted octanol–water partition coefficient (Wildman–Crippen LogP) is 2.95. The lowest BCUT2D eigenvalue weighted by atomic mass is 10.1. The molecule has 0 aliphatic heterocycles. The van der Waals surface area contributed by atoms with E-state index in [9.17, 15) is 29.3 Å². The number of benzene rings is 1. The highest BCUT2D eigenvalue weighted by molar-refractivity contribution is 7.18. The molecule has 0 aliphatic carbocycles. The van der Waals surface area contributed by atoms with Gasteiger partial charge in [-0.1, -0.05) is 11.6 Å². The van der Waals surface area contributed by atoms with Crippen molar-refractivity contribution in [3.63, 3.8) is 0 Å². The van der Waals surface area contributed by atoms with Crippen molar-refractivity contribution < 1.29 is 33.6 Å². The van der Waals surface area contributed by atoms with Gasteiger partial charge in [-0.3, -0.25) is 19.7 Å². The van der Waals surface area contributed by atoms with E-state index in [0.717, 1.165) is 23.5 Å². The van der Waals surface area contributed by atoms with Crippen molar-refractivity contribution in [2.24, 2.45) is 0 Å². The van der Waals surface area contributed by atoms with Crippen LogP contribution in [0.15, 0.2) is 18.2 Å². The van der Waals surface area contributed by atoms with Crippen molar-refractivity contribution in [3.8, 4) is 0 Å². The van der Waals surface area contributed by atoms with E-state index in [0.29, 0.717) is 5.56 Å². The quantitative estimate of drug-likeness (QED) is 0.330. The molecule has 0 spiro atoms. The first-order chi connectivity index (χ1) is 15.1. The number of rotatable bonds is 8. The summed E-state index contributed by atoms with van der Waals surface area (Å²) in [7, 11) is 1.42. The van der Waals surface area contributed by atoms with Gasteiger partial charge in [0.25, 0.3) is 17.5 Å². The maximum atomic E-state index is 12.3. The van der Waals surface area contributed by atoms with E-state index in [1.165, 1.54) is 20.0 Å².